The molecule has 0 fully saturated rings. The maximum absolute atomic E-state index is 2.17. The molecule has 0 unspecified atom stereocenters. The second-order valence-electron chi connectivity index (χ2n) is 1.74. The molecular formula is C7H8Ga. The van der Waals surface area contributed by atoms with E-state index >= 15 is 0 Å². The van der Waals surface area contributed by atoms with Gasteiger partial charge in [0.25, 0.3) is 0 Å². The van der Waals surface area contributed by atoms with Crippen molar-refractivity contribution in [3.63, 3.8) is 0 Å². The molecule has 0 atom stereocenters. The standard InChI is InChI=1S/C7H7.Ga.H/c1-7-5-3-2-4-6-7;;/h2-6H,1H2;;. The summed E-state index contributed by atoms with van der Waals surface area (Å²) in [5, 5.41) is 0. The van der Waals surface area contributed by atoms with Crippen LogP contribution in [-0.2, 0) is 4.98 Å². The van der Waals surface area contributed by atoms with Gasteiger partial charge in [0.2, 0.25) is 0 Å². The molecule has 1 aromatic rings. The summed E-state index contributed by atoms with van der Waals surface area (Å²) in [6.45, 7) is 0. The molecule has 8 heavy (non-hydrogen) atoms. The van der Waals surface area contributed by atoms with Crippen LogP contribution in [0.1, 0.15) is 5.56 Å². The first-order chi connectivity index (χ1) is 3.93. The Bertz CT molecular complexity index is 146. The first-order valence-corrected chi connectivity index (χ1v) is 4.86. The Morgan fingerprint density at radius 1 is 1.12 bits per heavy atom. The summed E-state index contributed by atoms with van der Waals surface area (Å²) in [6.07, 6.45) is 0. The van der Waals surface area contributed by atoms with E-state index in [0.29, 0.717) is 0 Å². The van der Waals surface area contributed by atoms with Crippen molar-refractivity contribution in [3.8, 4) is 0 Å². The van der Waals surface area contributed by atoms with Crippen LogP contribution in [0.15, 0.2) is 30.3 Å². The molecule has 0 aliphatic rings. The average Bonchev–Trinajstić information content (AvgIpc) is 1.90. The van der Waals surface area contributed by atoms with E-state index in [-0.39, 0.29) is 0 Å². The third-order valence-corrected chi connectivity index (χ3v) is 2.34. The van der Waals surface area contributed by atoms with E-state index in [1.54, 1.807) is 0 Å². The van der Waals surface area contributed by atoms with Gasteiger partial charge in [0, 0.05) is 0 Å². The quantitative estimate of drug-likeness (QED) is 0.542. The van der Waals surface area contributed by atoms with Gasteiger partial charge in [-0.15, -0.1) is 0 Å². The van der Waals surface area contributed by atoms with Gasteiger partial charge in [0.1, 0.15) is 0 Å². The van der Waals surface area contributed by atoms with Gasteiger partial charge in [-0.2, -0.15) is 0 Å². The molecule has 0 saturated heterocycles. The minimum atomic E-state index is 1.26. The summed E-state index contributed by atoms with van der Waals surface area (Å²) in [6, 6.07) is 10.6. The molecule has 1 aromatic carbocycles. The molecule has 0 aliphatic carbocycles. The molecule has 1 rings (SSSR count). The van der Waals surface area contributed by atoms with Gasteiger partial charge in [-0.05, 0) is 0 Å². The SMILES string of the molecule is [GaH][CH2]c1ccccc1. The normalized spacial score (nSPS) is 9.00. The van der Waals surface area contributed by atoms with Gasteiger partial charge >= 0.3 is 59.5 Å². The molecule has 0 spiro atoms. The van der Waals surface area contributed by atoms with Crippen LogP contribution in [0.2, 0.25) is 0 Å². The van der Waals surface area contributed by atoms with Crippen molar-refractivity contribution in [1.82, 2.24) is 0 Å². The zero-order chi connectivity index (χ0) is 5.82. The number of rotatable bonds is 1. The van der Waals surface area contributed by atoms with Gasteiger partial charge < -0.3 is 0 Å². The summed E-state index contributed by atoms with van der Waals surface area (Å²) in [7, 11) is 0. The van der Waals surface area contributed by atoms with Crippen LogP contribution in [0.25, 0.3) is 0 Å². The molecule has 0 aliphatic heterocycles. The van der Waals surface area contributed by atoms with E-state index in [9.17, 15) is 0 Å². The van der Waals surface area contributed by atoms with Crippen LogP contribution >= 0.6 is 0 Å². The van der Waals surface area contributed by atoms with E-state index in [1.807, 2.05) is 0 Å². The van der Waals surface area contributed by atoms with E-state index < -0.39 is 0 Å². The van der Waals surface area contributed by atoms with Crippen molar-refractivity contribution in [1.29, 1.82) is 0 Å². The number of benzene rings is 1. The van der Waals surface area contributed by atoms with Crippen molar-refractivity contribution in [2.75, 3.05) is 0 Å². The Labute approximate surface area is 59.8 Å². The van der Waals surface area contributed by atoms with E-state index in [4.69, 9.17) is 0 Å². The first-order valence-electron chi connectivity index (χ1n) is 2.76. The molecule has 1 radical (unpaired) electrons. The third-order valence-electron chi connectivity index (χ3n) is 1.13. The Morgan fingerprint density at radius 2 is 1.75 bits per heavy atom. The zero-order valence-electron chi connectivity index (χ0n) is 4.80. The molecule has 0 nitrogen and oxygen atoms in total. The van der Waals surface area contributed by atoms with Crippen molar-refractivity contribution >= 4 is 18.6 Å². The fourth-order valence-electron chi connectivity index (χ4n) is 0.645. The third kappa shape index (κ3) is 1.42. The summed E-state index contributed by atoms with van der Waals surface area (Å²) in [5.74, 6) is 0. The van der Waals surface area contributed by atoms with Crippen molar-refractivity contribution in [2.24, 2.45) is 0 Å². The first kappa shape index (κ1) is 5.98. The van der Waals surface area contributed by atoms with Gasteiger partial charge in [-0.1, -0.05) is 0 Å². The average molecular weight is 162 g/mol. The van der Waals surface area contributed by atoms with E-state index in [0.717, 1.165) is 0 Å². The molecular weight excluding hydrogens is 154 g/mol. The van der Waals surface area contributed by atoms with Crippen molar-refractivity contribution in [3.05, 3.63) is 35.9 Å². The zero-order valence-corrected chi connectivity index (χ0v) is 7.77. The predicted molar refractivity (Wildman–Crippen MR) is 37.3 cm³/mol. The molecule has 0 heterocycles. The molecule has 0 bridgehead atoms. The molecule has 0 amide bonds. The van der Waals surface area contributed by atoms with Crippen molar-refractivity contribution in [2.45, 2.75) is 4.98 Å². The van der Waals surface area contributed by atoms with Gasteiger partial charge in [0.15, 0.2) is 0 Å². The Kier molecular flexibility index (Phi) is 2.24. The van der Waals surface area contributed by atoms with Crippen molar-refractivity contribution < 1.29 is 0 Å². The Balaban J connectivity index is 2.83. The van der Waals surface area contributed by atoms with E-state index in [1.165, 1.54) is 29.1 Å². The summed E-state index contributed by atoms with van der Waals surface area (Å²) in [5.41, 5.74) is 1.47. The van der Waals surface area contributed by atoms with Crippen LogP contribution in [0, 0.1) is 0 Å². The summed E-state index contributed by atoms with van der Waals surface area (Å²) >= 11 is 1.37. The molecule has 39 valence electrons. The predicted octanol–water partition coefficient (Wildman–Crippen LogP) is 1.09. The number of hydrogen-bond acceptors (Lipinski definition) is 0. The molecule has 1 heteroatoms. The van der Waals surface area contributed by atoms with Crippen LogP contribution in [0.5, 0.6) is 0 Å². The van der Waals surface area contributed by atoms with E-state index in [2.05, 4.69) is 30.3 Å². The second-order valence-corrected chi connectivity index (χ2v) is 2.78. The molecule has 0 N–H and O–H groups in total. The molecule has 0 aromatic heterocycles. The Morgan fingerprint density at radius 3 is 2.12 bits per heavy atom. The minimum absolute atomic E-state index is 1.26. The van der Waals surface area contributed by atoms with Crippen LogP contribution in [0.3, 0.4) is 0 Å². The summed E-state index contributed by atoms with van der Waals surface area (Å²) in [4.78, 5) is 1.26. The van der Waals surface area contributed by atoms with Crippen LogP contribution in [0.4, 0.5) is 0 Å². The summed E-state index contributed by atoms with van der Waals surface area (Å²) < 4.78 is 0. The second kappa shape index (κ2) is 3.00. The maximum atomic E-state index is 2.17. The van der Waals surface area contributed by atoms with Crippen LogP contribution in [-0.4, -0.2) is 18.6 Å². The Hall–Kier alpha value is -0.144. The van der Waals surface area contributed by atoms with Gasteiger partial charge in [-0.3, -0.25) is 0 Å². The fraction of sp³-hybridized carbons (Fsp3) is 0.143. The topological polar surface area (TPSA) is 0 Å². The number of hydrogen-bond donors (Lipinski definition) is 0. The fourth-order valence-corrected chi connectivity index (χ4v) is 1.34. The monoisotopic (exact) mass is 161 g/mol. The van der Waals surface area contributed by atoms with Crippen LogP contribution < -0.4 is 0 Å². The molecule has 0 saturated carbocycles. The van der Waals surface area contributed by atoms with Gasteiger partial charge in [-0.25, -0.2) is 0 Å². The van der Waals surface area contributed by atoms with Gasteiger partial charge in [0.05, 0.1) is 0 Å².